The molecule has 0 amide bonds. The van der Waals surface area contributed by atoms with Crippen molar-refractivity contribution in [3.8, 4) is 0 Å². The zero-order valence-corrected chi connectivity index (χ0v) is 13.0. The van der Waals surface area contributed by atoms with E-state index in [0.29, 0.717) is 19.8 Å². The van der Waals surface area contributed by atoms with Crippen LogP contribution in [0.15, 0.2) is 35.7 Å². The SMILES string of the molecule is COCCOCc1cccc(NCc2cc(Cl)cs2)c1. The molecule has 108 valence electrons. The van der Waals surface area contributed by atoms with Crippen LogP contribution in [0.2, 0.25) is 5.02 Å². The van der Waals surface area contributed by atoms with Crippen LogP contribution in [0.4, 0.5) is 5.69 Å². The predicted octanol–water partition coefficient (Wildman–Crippen LogP) is 4.18. The molecule has 1 N–H and O–H groups in total. The normalized spacial score (nSPS) is 10.7. The molecule has 3 nitrogen and oxygen atoms in total. The molecule has 0 aliphatic carbocycles. The number of methoxy groups -OCH3 is 1. The maximum atomic E-state index is 5.91. The Labute approximate surface area is 128 Å². The van der Waals surface area contributed by atoms with E-state index in [0.717, 1.165) is 22.8 Å². The number of hydrogen-bond acceptors (Lipinski definition) is 4. The van der Waals surface area contributed by atoms with E-state index in [1.54, 1.807) is 18.4 Å². The third-order valence-electron chi connectivity index (χ3n) is 2.72. The van der Waals surface area contributed by atoms with Gasteiger partial charge in [0.1, 0.15) is 0 Å². The third kappa shape index (κ3) is 5.13. The van der Waals surface area contributed by atoms with E-state index in [-0.39, 0.29) is 0 Å². The molecule has 5 heteroatoms. The lowest BCUT2D eigenvalue weighted by Crippen LogP contribution is -2.02. The third-order valence-corrected chi connectivity index (χ3v) is 4.00. The molecule has 0 spiro atoms. The van der Waals surface area contributed by atoms with Gasteiger partial charge in [-0.2, -0.15) is 0 Å². The van der Waals surface area contributed by atoms with Gasteiger partial charge in [0.15, 0.2) is 0 Å². The fourth-order valence-corrected chi connectivity index (χ4v) is 2.75. The smallest absolute Gasteiger partial charge is 0.0718 e. The number of benzene rings is 1. The van der Waals surface area contributed by atoms with Crippen LogP contribution in [0.25, 0.3) is 0 Å². The lowest BCUT2D eigenvalue weighted by atomic mass is 10.2. The van der Waals surface area contributed by atoms with Crippen molar-refractivity contribution in [3.05, 3.63) is 51.2 Å². The number of halogens is 1. The van der Waals surface area contributed by atoms with Crippen molar-refractivity contribution in [2.45, 2.75) is 13.2 Å². The molecule has 0 saturated heterocycles. The minimum absolute atomic E-state index is 0.601. The zero-order chi connectivity index (χ0) is 14.2. The van der Waals surface area contributed by atoms with E-state index < -0.39 is 0 Å². The Morgan fingerprint density at radius 1 is 1.25 bits per heavy atom. The van der Waals surface area contributed by atoms with Crippen molar-refractivity contribution in [1.82, 2.24) is 0 Å². The highest BCUT2D eigenvalue weighted by Crippen LogP contribution is 2.20. The highest BCUT2D eigenvalue weighted by atomic mass is 35.5. The van der Waals surface area contributed by atoms with E-state index >= 15 is 0 Å². The topological polar surface area (TPSA) is 30.5 Å². The molecule has 1 aromatic carbocycles. The van der Waals surface area contributed by atoms with Crippen LogP contribution in [0.3, 0.4) is 0 Å². The summed E-state index contributed by atoms with van der Waals surface area (Å²) in [6, 6.07) is 10.2. The summed E-state index contributed by atoms with van der Waals surface area (Å²) in [5, 5.41) is 6.13. The Morgan fingerprint density at radius 2 is 2.15 bits per heavy atom. The van der Waals surface area contributed by atoms with Gasteiger partial charge in [0, 0.05) is 29.6 Å². The zero-order valence-electron chi connectivity index (χ0n) is 11.4. The van der Waals surface area contributed by atoms with Gasteiger partial charge in [-0.3, -0.25) is 0 Å². The number of nitrogens with one attached hydrogen (secondary N) is 1. The van der Waals surface area contributed by atoms with Crippen LogP contribution in [-0.4, -0.2) is 20.3 Å². The molecular formula is C15H18ClNO2S. The van der Waals surface area contributed by atoms with Crippen LogP contribution < -0.4 is 5.32 Å². The van der Waals surface area contributed by atoms with Gasteiger partial charge in [0.25, 0.3) is 0 Å². The van der Waals surface area contributed by atoms with Crippen LogP contribution in [0.1, 0.15) is 10.4 Å². The fraction of sp³-hybridized carbons (Fsp3) is 0.333. The Bertz CT molecular complexity index is 530. The van der Waals surface area contributed by atoms with Gasteiger partial charge in [0.2, 0.25) is 0 Å². The minimum atomic E-state index is 0.601. The standard InChI is InChI=1S/C15H18ClNO2S/c1-18-5-6-19-10-12-3-2-4-14(7-12)17-9-15-8-13(16)11-20-15/h2-4,7-8,11,17H,5-6,9-10H2,1H3. The lowest BCUT2D eigenvalue weighted by Gasteiger charge is -2.08. The second-order valence-electron chi connectivity index (χ2n) is 4.33. The summed E-state index contributed by atoms with van der Waals surface area (Å²) in [6.07, 6.45) is 0. The molecule has 1 heterocycles. The summed E-state index contributed by atoms with van der Waals surface area (Å²) in [7, 11) is 1.67. The Morgan fingerprint density at radius 3 is 2.90 bits per heavy atom. The number of anilines is 1. The largest absolute Gasteiger partial charge is 0.382 e. The van der Waals surface area contributed by atoms with Crippen LogP contribution in [-0.2, 0) is 22.6 Å². The highest BCUT2D eigenvalue weighted by molar-refractivity contribution is 7.10. The first kappa shape index (κ1) is 15.3. The van der Waals surface area contributed by atoms with E-state index in [1.807, 2.05) is 23.6 Å². The van der Waals surface area contributed by atoms with Gasteiger partial charge in [-0.1, -0.05) is 23.7 Å². The number of rotatable bonds is 8. The summed E-state index contributed by atoms with van der Waals surface area (Å²) < 4.78 is 10.5. The van der Waals surface area contributed by atoms with Crippen molar-refractivity contribution in [3.63, 3.8) is 0 Å². The molecule has 0 bridgehead atoms. The summed E-state index contributed by atoms with van der Waals surface area (Å²) in [6.45, 7) is 2.62. The molecule has 0 aliphatic rings. The van der Waals surface area contributed by atoms with Crippen molar-refractivity contribution >= 4 is 28.6 Å². The monoisotopic (exact) mass is 311 g/mol. The fourth-order valence-electron chi connectivity index (χ4n) is 1.74. The van der Waals surface area contributed by atoms with E-state index in [4.69, 9.17) is 21.1 Å². The van der Waals surface area contributed by atoms with Gasteiger partial charge in [-0.25, -0.2) is 0 Å². The molecule has 20 heavy (non-hydrogen) atoms. The van der Waals surface area contributed by atoms with Gasteiger partial charge in [0.05, 0.1) is 24.8 Å². The summed E-state index contributed by atoms with van der Waals surface area (Å²) in [5.74, 6) is 0. The molecular weight excluding hydrogens is 294 g/mol. The summed E-state index contributed by atoms with van der Waals surface area (Å²) in [5.41, 5.74) is 2.23. The maximum absolute atomic E-state index is 5.91. The number of thiophene rings is 1. The average molecular weight is 312 g/mol. The van der Waals surface area contributed by atoms with E-state index in [1.165, 1.54) is 4.88 Å². The van der Waals surface area contributed by atoms with Crippen LogP contribution in [0.5, 0.6) is 0 Å². The average Bonchev–Trinajstić information content (AvgIpc) is 2.88. The van der Waals surface area contributed by atoms with Crippen LogP contribution >= 0.6 is 22.9 Å². The first-order chi connectivity index (χ1) is 9.78. The molecule has 0 aliphatic heterocycles. The van der Waals surface area contributed by atoms with Gasteiger partial charge >= 0.3 is 0 Å². The quantitative estimate of drug-likeness (QED) is 0.742. The Kier molecular flexibility index (Phi) is 6.33. The van der Waals surface area contributed by atoms with Crippen molar-refractivity contribution < 1.29 is 9.47 Å². The molecule has 2 rings (SSSR count). The molecule has 0 atom stereocenters. The van der Waals surface area contributed by atoms with E-state index in [2.05, 4.69) is 17.4 Å². The Hall–Kier alpha value is -1.07. The molecule has 1 aromatic heterocycles. The van der Waals surface area contributed by atoms with E-state index in [9.17, 15) is 0 Å². The van der Waals surface area contributed by atoms with Crippen molar-refractivity contribution in [2.75, 3.05) is 25.6 Å². The first-order valence-electron chi connectivity index (χ1n) is 6.40. The van der Waals surface area contributed by atoms with Gasteiger partial charge < -0.3 is 14.8 Å². The van der Waals surface area contributed by atoms with Crippen molar-refractivity contribution in [2.24, 2.45) is 0 Å². The second kappa shape index (κ2) is 8.27. The summed E-state index contributed by atoms with van der Waals surface area (Å²) in [4.78, 5) is 1.22. The van der Waals surface area contributed by atoms with Crippen molar-refractivity contribution in [1.29, 1.82) is 0 Å². The van der Waals surface area contributed by atoms with Gasteiger partial charge in [-0.05, 0) is 23.8 Å². The molecule has 0 saturated carbocycles. The molecule has 0 unspecified atom stereocenters. The van der Waals surface area contributed by atoms with Crippen LogP contribution in [0, 0.1) is 0 Å². The molecule has 0 radical (unpaired) electrons. The van der Waals surface area contributed by atoms with Gasteiger partial charge in [-0.15, -0.1) is 11.3 Å². The number of ether oxygens (including phenoxy) is 2. The number of hydrogen-bond donors (Lipinski definition) is 1. The maximum Gasteiger partial charge on any atom is 0.0718 e. The minimum Gasteiger partial charge on any atom is -0.382 e. The summed E-state index contributed by atoms with van der Waals surface area (Å²) >= 11 is 7.57. The first-order valence-corrected chi connectivity index (χ1v) is 7.66. The molecule has 2 aromatic rings. The Balaban J connectivity index is 1.82. The predicted molar refractivity (Wildman–Crippen MR) is 84.6 cm³/mol. The molecule has 0 fully saturated rings. The highest BCUT2D eigenvalue weighted by Gasteiger charge is 2.00. The second-order valence-corrected chi connectivity index (χ2v) is 5.76. The lowest BCUT2D eigenvalue weighted by molar-refractivity contribution is 0.0617.